The van der Waals surface area contributed by atoms with Crippen LogP contribution in [0, 0.1) is 0 Å². The maximum atomic E-state index is 11.9. The van der Waals surface area contributed by atoms with Gasteiger partial charge in [-0.2, -0.15) is 0 Å². The van der Waals surface area contributed by atoms with Gasteiger partial charge in [-0.05, 0) is 31.5 Å². The first-order valence-corrected chi connectivity index (χ1v) is 6.47. The minimum absolute atomic E-state index is 0.0557. The zero-order valence-electron chi connectivity index (χ0n) is 10.9. The fourth-order valence-electron chi connectivity index (χ4n) is 1.97. The average molecular weight is 299 g/mol. The molecule has 2 rings (SSSR count). The minimum atomic E-state index is -1.14. The summed E-state index contributed by atoms with van der Waals surface area (Å²) >= 11 is 5.76. The number of carboxylic acids is 1. The quantitative estimate of drug-likeness (QED) is 0.799. The zero-order valence-corrected chi connectivity index (χ0v) is 11.7. The number of carbonyl (C=O) groups is 2. The maximum absolute atomic E-state index is 11.9. The van der Waals surface area contributed by atoms with Crippen LogP contribution in [0.4, 0.5) is 10.5 Å². The molecular formula is C13H15ClN2O4. The molecule has 0 bridgehead atoms. The van der Waals surface area contributed by atoms with Crippen molar-refractivity contribution in [2.75, 3.05) is 18.5 Å². The van der Waals surface area contributed by atoms with Crippen LogP contribution < -0.4 is 10.6 Å². The Labute approximate surface area is 121 Å². The summed E-state index contributed by atoms with van der Waals surface area (Å²) in [5.41, 5.74) is -0.0849. The molecule has 0 saturated carbocycles. The van der Waals surface area contributed by atoms with E-state index in [4.69, 9.17) is 21.4 Å². The summed E-state index contributed by atoms with van der Waals surface area (Å²) in [6, 6.07) is 3.89. The molecule has 0 aromatic heterocycles. The first kappa shape index (κ1) is 14.6. The van der Waals surface area contributed by atoms with Gasteiger partial charge in [0.25, 0.3) is 0 Å². The van der Waals surface area contributed by atoms with E-state index in [1.54, 1.807) is 6.07 Å². The summed E-state index contributed by atoms with van der Waals surface area (Å²) in [6.07, 6.45) is 0.738. The molecule has 0 radical (unpaired) electrons. The predicted octanol–water partition coefficient (Wildman–Crippen LogP) is 2.34. The number of rotatable bonds is 3. The third-order valence-electron chi connectivity index (χ3n) is 3.09. The smallest absolute Gasteiger partial charge is 0.337 e. The Hall–Kier alpha value is -1.79. The Morgan fingerprint density at radius 2 is 2.20 bits per heavy atom. The molecule has 1 aliphatic heterocycles. The van der Waals surface area contributed by atoms with Gasteiger partial charge in [0.1, 0.15) is 0 Å². The van der Waals surface area contributed by atoms with Crippen molar-refractivity contribution in [2.24, 2.45) is 0 Å². The van der Waals surface area contributed by atoms with Crippen LogP contribution in [0.2, 0.25) is 5.02 Å². The van der Waals surface area contributed by atoms with E-state index in [9.17, 15) is 9.59 Å². The van der Waals surface area contributed by atoms with Crippen LogP contribution in [0.15, 0.2) is 18.2 Å². The number of aromatic carboxylic acids is 1. The van der Waals surface area contributed by atoms with Crippen LogP contribution in [0.25, 0.3) is 0 Å². The summed E-state index contributed by atoms with van der Waals surface area (Å²) in [5, 5.41) is 14.5. The first-order valence-electron chi connectivity index (χ1n) is 6.09. The van der Waals surface area contributed by atoms with Gasteiger partial charge >= 0.3 is 12.0 Å². The molecule has 1 saturated heterocycles. The standard InChI is InChI=1S/C13H15ClN2O4/c1-13(4-5-20-7-13)16-12(19)15-8-2-3-10(14)9(6-8)11(17)18/h2-3,6H,4-5,7H2,1H3,(H,17,18)(H2,15,16,19). The molecule has 1 aromatic rings. The second-order valence-electron chi connectivity index (χ2n) is 4.94. The molecule has 1 aliphatic rings. The summed E-state index contributed by atoms with van der Waals surface area (Å²) in [6.45, 7) is 2.96. The lowest BCUT2D eigenvalue weighted by atomic mass is 10.0. The van der Waals surface area contributed by atoms with E-state index in [0.717, 1.165) is 6.42 Å². The number of hydrogen-bond acceptors (Lipinski definition) is 3. The van der Waals surface area contributed by atoms with Crippen molar-refractivity contribution < 1.29 is 19.4 Å². The molecule has 3 N–H and O–H groups in total. The number of ether oxygens (including phenoxy) is 1. The number of hydrogen-bond donors (Lipinski definition) is 3. The molecule has 1 atom stereocenters. The molecule has 1 fully saturated rings. The number of halogens is 1. The lowest BCUT2D eigenvalue weighted by Crippen LogP contribution is -2.48. The van der Waals surface area contributed by atoms with Gasteiger partial charge in [-0.15, -0.1) is 0 Å². The SMILES string of the molecule is CC1(NC(=O)Nc2ccc(Cl)c(C(=O)O)c2)CCOC1. The number of urea groups is 1. The molecule has 1 heterocycles. The highest BCUT2D eigenvalue weighted by atomic mass is 35.5. The Morgan fingerprint density at radius 3 is 2.80 bits per heavy atom. The van der Waals surface area contributed by atoms with E-state index in [2.05, 4.69) is 10.6 Å². The highest BCUT2D eigenvalue weighted by molar-refractivity contribution is 6.33. The van der Waals surface area contributed by atoms with Gasteiger partial charge in [0, 0.05) is 12.3 Å². The van der Waals surface area contributed by atoms with Crippen LogP contribution in [0.1, 0.15) is 23.7 Å². The Balaban J connectivity index is 2.04. The maximum Gasteiger partial charge on any atom is 0.337 e. The van der Waals surface area contributed by atoms with Crippen LogP contribution in [0.3, 0.4) is 0 Å². The van der Waals surface area contributed by atoms with Crippen molar-refractivity contribution in [3.8, 4) is 0 Å². The number of carbonyl (C=O) groups excluding carboxylic acids is 1. The number of anilines is 1. The van der Waals surface area contributed by atoms with E-state index in [1.165, 1.54) is 12.1 Å². The molecule has 1 unspecified atom stereocenters. The lowest BCUT2D eigenvalue weighted by Gasteiger charge is -2.23. The molecule has 108 valence electrons. The van der Waals surface area contributed by atoms with Crippen molar-refractivity contribution in [1.82, 2.24) is 5.32 Å². The minimum Gasteiger partial charge on any atom is -0.478 e. The molecule has 0 aliphatic carbocycles. The van der Waals surface area contributed by atoms with Crippen molar-refractivity contribution in [1.29, 1.82) is 0 Å². The molecule has 0 spiro atoms. The van der Waals surface area contributed by atoms with Crippen molar-refractivity contribution in [3.05, 3.63) is 28.8 Å². The fraction of sp³-hybridized carbons (Fsp3) is 0.385. The van der Waals surface area contributed by atoms with Gasteiger partial charge in [-0.25, -0.2) is 9.59 Å². The zero-order chi connectivity index (χ0) is 14.8. The summed E-state index contributed by atoms with van der Waals surface area (Å²) in [7, 11) is 0. The predicted molar refractivity (Wildman–Crippen MR) is 74.4 cm³/mol. The van der Waals surface area contributed by atoms with Crippen molar-refractivity contribution in [2.45, 2.75) is 18.9 Å². The van der Waals surface area contributed by atoms with E-state index in [-0.39, 0.29) is 10.6 Å². The van der Waals surface area contributed by atoms with Gasteiger partial charge in [-0.1, -0.05) is 11.6 Å². The normalized spacial score (nSPS) is 21.5. The van der Waals surface area contributed by atoms with Gasteiger partial charge < -0.3 is 20.5 Å². The van der Waals surface area contributed by atoms with E-state index >= 15 is 0 Å². The highest BCUT2D eigenvalue weighted by Gasteiger charge is 2.31. The van der Waals surface area contributed by atoms with E-state index in [0.29, 0.717) is 18.9 Å². The molecular weight excluding hydrogens is 284 g/mol. The molecule has 20 heavy (non-hydrogen) atoms. The first-order chi connectivity index (χ1) is 9.39. The summed E-state index contributed by atoms with van der Waals surface area (Å²) in [4.78, 5) is 22.8. The highest BCUT2D eigenvalue weighted by Crippen LogP contribution is 2.21. The van der Waals surface area contributed by atoms with Crippen molar-refractivity contribution in [3.63, 3.8) is 0 Å². The third kappa shape index (κ3) is 3.40. The van der Waals surface area contributed by atoms with Gasteiger partial charge in [0.2, 0.25) is 0 Å². The van der Waals surface area contributed by atoms with Gasteiger partial charge in [0.15, 0.2) is 0 Å². The lowest BCUT2D eigenvalue weighted by molar-refractivity contribution is 0.0697. The number of carboxylic acid groups (broad SMARTS) is 1. The molecule has 6 nitrogen and oxygen atoms in total. The Kier molecular flexibility index (Phi) is 4.15. The second kappa shape index (κ2) is 5.68. The number of benzene rings is 1. The third-order valence-corrected chi connectivity index (χ3v) is 3.42. The van der Waals surface area contributed by atoms with Gasteiger partial charge in [0.05, 0.1) is 22.7 Å². The average Bonchev–Trinajstić information content (AvgIpc) is 2.77. The van der Waals surface area contributed by atoms with Crippen LogP contribution in [0.5, 0.6) is 0 Å². The van der Waals surface area contributed by atoms with Crippen LogP contribution in [-0.2, 0) is 4.74 Å². The molecule has 2 amide bonds. The summed E-state index contributed by atoms with van der Waals surface area (Å²) < 4.78 is 5.24. The van der Waals surface area contributed by atoms with Crippen LogP contribution >= 0.6 is 11.6 Å². The molecule has 1 aromatic carbocycles. The second-order valence-corrected chi connectivity index (χ2v) is 5.35. The topological polar surface area (TPSA) is 87.7 Å². The monoisotopic (exact) mass is 298 g/mol. The number of amides is 2. The fourth-order valence-corrected chi connectivity index (χ4v) is 2.17. The Morgan fingerprint density at radius 1 is 1.45 bits per heavy atom. The van der Waals surface area contributed by atoms with E-state index in [1.807, 2.05) is 6.92 Å². The van der Waals surface area contributed by atoms with Crippen molar-refractivity contribution >= 4 is 29.3 Å². The largest absolute Gasteiger partial charge is 0.478 e. The number of nitrogens with one attached hydrogen (secondary N) is 2. The van der Waals surface area contributed by atoms with E-state index < -0.39 is 17.5 Å². The summed E-state index contributed by atoms with van der Waals surface area (Å²) in [5.74, 6) is -1.14. The van der Waals surface area contributed by atoms with Gasteiger partial charge in [-0.3, -0.25) is 0 Å². The Bertz CT molecular complexity index is 541. The van der Waals surface area contributed by atoms with Crippen LogP contribution in [-0.4, -0.2) is 35.9 Å². The molecule has 7 heteroatoms.